The zero-order chi connectivity index (χ0) is 17.5. The van der Waals surface area contributed by atoms with Gasteiger partial charge in [-0.05, 0) is 48.9 Å². The molecule has 6 heteroatoms. The molecule has 2 aromatic carbocycles. The van der Waals surface area contributed by atoms with Crippen LogP contribution in [0.15, 0.2) is 48.5 Å². The van der Waals surface area contributed by atoms with Crippen molar-refractivity contribution in [1.29, 1.82) is 0 Å². The summed E-state index contributed by atoms with van der Waals surface area (Å²) in [5, 5.41) is 2.74. The maximum absolute atomic E-state index is 12.4. The van der Waals surface area contributed by atoms with Crippen LogP contribution in [-0.2, 0) is 11.3 Å². The fourth-order valence-corrected chi connectivity index (χ4v) is 2.19. The van der Waals surface area contributed by atoms with Crippen molar-refractivity contribution in [3.63, 3.8) is 0 Å². The summed E-state index contributed by atoms with van der Waals surface area (Å²) in [6.45, 7) is 4.17. The van der Waals surface area contributed by atoms with Crippen molar-refractivity contribution in [3.8, 4) is 5.75 Å². The number of carbonyl (C=O) groups excluding carboxylic acids is 2. The van der Waals surface area contributed by atoms with E-state index in [9.17, 15) is 9.59 Å². The monoisotopic (exact) mass is 327 g/mol. The van der Waals surface area contributed by atoms with Crippen molar-refractivity contribution in [1.82, 2.24) is 5.32 Å². The molecular formula is C18H21N3O3. The number of ether oxygens (including phenoxy) is 1. The van der Waals surface area contributed by atoms with Gasteiger partial charge in [0, 0.05) is 19.2 Å². The minimum atomic E-state index is -0.485. The van der Waals surface area contributed by atoms with Gasteiger partial charge in [0.25, 0.3) is 0 Å². The van der Waals surface area contributed by atoms with Crippen LogP contribution in [0.2, 0.25) is 0 Å². The first-order valence-corrected chi connectivity index (χ1v) is 7.67. The Morgan fingerprint density at radius 3 is 2.25 bits per heavy atom. The van der Waals surface area contributed by atoms with Gasteiger partial charge in [0.05, 0.1) is 12.3 Å². The lowest BCUT2D eigenvalue weighted by Crippen LogP contribution is -2.42. The molecular weight excluding hydrogens is 306 g/mol. The van der Waals surface area contributed by atoms with E-state index in [-0.39, 0.29) is 5.91 Å². The van der Waals surface area contributed by atoms with Crippen molar-refractivity contribution in [2.24, 2.45) is 0 Å². The molecule has 0 fully saturated rings. The van der Waals surface area contributed by atoms with Crippen molar-refractivity contribution < 1.29 is 14.3 Å². The maximum Gasteiger partial charge on any atom is 0.329 e. The third kappa shape index (κ3) is 4.49. The molecule has 6 nitrogen and oxygen atoms in total. The lowest BCUT2D eigenvalue weighted by Gasteiger charge is -2.20. The van der Waals surface area contributed by atoms with Crippen LogP contribution < -0.4 is 20.7 Å². The molecule has 0 aliphatic heterocycles. The lowest BCUT2D eigenvalue weighted by molar-refractivity contribution is -0.115. The molecule has 126 valence electrons. The van der Waals surface area contributed by atoms with Crippen LogP contribution in [0.1, 0.15) is 19.4 Å². The van der Waals surface area contributed by atoms with Crippen LogP contribution in [-0.4, -0.2) is 18.5 Å². The van der Waals surface area contributed by atoms with Crippen LogP contribution >= 0.6 is 0 Å². The minimum Gasteiger partial charge on any atom is -0.494 e. The number of carbonyl (C=O) groups is 2. The Labute approximate surface area is 141 Å². The first kappa shape index (κ1) is 17.3. The SMILES string of the molecule is CCOc1ccc(CNC(=O)N(C(C)=O)c2ccc(N)cc2)cc1. The van der Waals surface area contributed by atoms with Gasteiger partial charge in [-0.3, -0.25) is 4.79 Å². The molecule has 0 unspecified atom stereocenters. The van der Waals surface area contributed by atoms with E-state index in [1.54, 1.807) is 24.3 Å². The molecule has 0 saturated carbocycles. The molecule has 0 aliphatic carbocycles. The summed E-state index contributed by atoms with van der Waals surface area (Å²) in [5.74, 6) is 0.406. The van der Waals surface area contributed by atoms with Crippen molar-refractivity contribution in [2.75, 3.05) is 17.2 Å². The van der Waals surface area contributed by atoms with E-state index in [1.165, 1.54) is 6.92 Å². The Morgan fingerprint density at radius 1 is 1.08 bits per heavy atom. The van der Waals surface area contributed by atoms with Crippen LogP contribution in [0.4, 0.5) is 16.2 Å². The predicted molar refractivity (Wildman–Crippen MR) is 93.9 cm³/mol. The average Bonchev–Trinajstić information content (AvgIpc) is 2.56. The van der Waals surface area contributed by atoms with Gasteiger partial charge in [0.1, 0.15) is 5.75 Å². The molecule has 0 spiro atoms. The highest BCUT2D eigenvalue weighted by atomic mass is 16.5. The number of nitrogens with one attached hydrogen (secondary N) is 1. The second-order valence-corrected chi connectivity index (χ2v) is 5.18. The fraction of sp³-hybridized carbons (Fsp3) is 0.222. The van der Waals surface area contributed by atoms with Gasteiger partial charge in [-0.2, -0.15) is 0 Å². The van der Waals surface area contributed by atoms with E-state index < -0.39 is 6.03 Å². The Bertz CT molecular complexity index is 696. The predicted octanol–water partition coefficient (Wildman–Crippen LogP) is 2.93. The largest absolute Gasteiger partial charge is 0.494 e. The first-order chi connectivity index (χ1) is 11.5. The second-order valence-electron chi connectivity index (χ2n) is 5.18. The molecule has 0 aromatic heterocycles. The van der Waals surface area contributed by atoms with Crippen LogP contribution in [0.25, 0.3) is 0 Å². The van der Waals surface area contributed by atoms with E-state index in [2.05, 4.69) is 5.32 Å². The van der Waals surface area contributed by atoms with Gasteiger partial charge in [0.2, 0.25) is 5.91 Å². The summed E-state index contributed by atoms with van der Waals surface area (Å²) in [6, 6.07) is 13.5. The number of nitrogen functional groups attached to an aromatic ring is 1. The van der Waals surface area contributed by atoms with Gasteiger partial charge in [-0.15, -0.1) is 0 Å². The third-order valence-electron chi connectivity index (χ3n) is 3.35. The Morgan fingerprint density at radius 2 is 1.71 bits per heavy atom. The van der Waals surface area contributed by atoms with E-state index in [1.807, 2.05) is 31.2 Å². The number of imide groups is 1. The zero-order valence-corrected chi connectivity index (χ0v) is 13.8. The number of anilines is 2. The van der Waals surface area contributed by atoms with Crippen molar-refractivity contribution in [2.45, 2.75) is 20.4 Å². The fourth-order valence-electron chi connectivity index (χ4n) is 2.19. The van der Waals surface area contributed by atoms with Gasteiger partial charge in [-0.1, -0.05) is 12.1 Å². The number of rotatable bonds is 5. The average molecular weight is 327 g/mol. The number of nitrogens with zero attached hydrogens (tertiary/aromatic N) is 1. The molecule has 0 atom stereocenters. The molecule has 3 amide bonds. The summed E-state index contributed by atoms with van der Waals surface area (Å²) >= 11 is 0. The minimum absolute atomic E-state index is 0.310. The number of hydrogen-bond acceptors (Lipinski definition) is 4. The van der Waals surface area contributed by atoms with Gasteiger partial charge in [0.15, 0.2) is 0 Å². The molecule has 0 bridgehead atoms. The molecule has 0 heterocycles. The smallest absolute Gasteiger partial charge is 0.329 e. The second kappa shape index (κ2) is 8.01. The molecule has 2 rings (SSSR count). The highest BCUT2D eigenvalue weighted by Crippen LogP contribution is 2.17. The normalized spacial score (nSPS) is 10.1. The van der Waals surface area contributed by atoms with E-state index >= 15 is 0 Å². The summed E-state index contributed by atoms with van der Waals surface area (Å²) in [6.07, 6.45) is 0. The number of hydrogen-bond donors (Lipinski definition) is 2. The van der Waals surface area contributed by atoms with Gasteiger partial charge >= 0.3 is 6.03 Å². The van der Waals surface area contributed by atoms with Gasteiger partial charge < -0.3 is 15.8 Å². The molecule has 0 radical (unpaired) electrons. The highest BCUT2D eigenvalue weighted by molar-refractivity contribution is 6.13. The maximum atomic E-state index is 12.4. The topological polar surface area (TPSA) is 84.7 Å². The zero-order valence-electron chi connectivity index (χ0n) is 13.8. The first-order valence-electron chi connectivity index (χ1n) is 7.67. The van der Waals surface area contributed by atoms with Crippen molar-refractivity contribution in [3.05, 3.63) is 54.1 Å². The molecule has 0 aliphatic rings. The summed E-state index contributed by atoms with van der Waals surface area (Å²) in [5.41, 5.74) is 7.58. The van der Waals surface area contributed by atoms with E-state index in [0.29, 0.717) is 24.5 Å². The number of nitrogens with two attached hydrogens (primary N) is 1. The Balaban J connectivity index is 2.03. The third-order valence-corrected chi connectivity index (χ3v) is 3.35. The number of benzene rings is 2. The van der Waals surface area contributed by atoms with E-state index in [4.69, 9.17) is 10.5 Å². The highest BCUT2D eigenvalue weighted by Gasteiger charge is 2.19. The quantitative estimate of drug-likeness (QED) is 0.827. The number of amides is 3. The number of urea groups is 1. The van der Waals surface area contributed by atoms with Crippen LogP contribution in [0.5, 0.6) is 5.75 Å². The Hall–Kier alpha value is -3.02. The lowest BCUT2D eigenvalue weighted by atomic mass is 10.2. The van der Waals surface area contributed by atoms with Gasteiger partial charge in [-0.25, -0.2) is 9.69 Å². The van der Waals surface area contributed by atoms with E-state index in [0.717, 1.165) is 16.2 Å². The standard InChI is InChI=1S/C18H21N3O3/c1-3-24-17-10-4-14(5-11-17)12-20-18(23)21(13(2)22)16-8-6-15(19)7-9-16/h4-11H,3,12,19H2,1-2H3,(H,20,23). The van der Waals surface area contributed by atoms with Crippen LogP contribution in [0.3, 0.4) is 0 Å². The molecule has 24 heavy (non-hydrogen) atoms. The Kier molecular flexibility index (Phi) is 5.78. The summed E-state index contributed by atoms with van der Waals surface area (Å²) in [4.78, 5) is 25.2. The molecule has 3 N–H and O–H groups in total. The molecule has 0 saturated heterocycles. The molecule has 2 aromatic rings. The van der Waals surface area contributed by atoms with Crippen molar-refractivity contribution >= 4 is 23.3 Å². The summed E-state index contributed by atoms with van der Waals surface area (Å²) in [7, 11) is 0. The van der Waals surface area contributed by atoms with Crippen LogP contribution in [0, 0.1) is 0 Å². The summed E-state index contributed by atoms with van der Waals surface area (Å²) < 4.78 is 5.37.